The fourth-order valence-electron chi connectivity index (χ4n) is 9.03. The second-order valence-electron chi connectivity index (χ2n) is 16.5. The van der Waals surface area contributed by atoms with E-state index in [1.165, 1.54) is 19.2 Å². The first-order valence-electron chi connectivity index (χ1n) is 22.0. The molecule has 4 aromatic carbocycles. The maximum atomic E-state index is 13.1. The Bertz CT molecular complexity index is 2900. The Kier molecular flexibility index (Phi) is 19.0. The van der Waals surface area contributed by atoms with Crippen LogP contribution in [0.3, 0.4) is 0 Å². The van der Waals surface area contributed by atoms with Crippen molar-refractivity contribution in [3.05, 3.63) is 114 Å². The molecule has 2 aromatic heterocycles. The third-order valence-corrected chi connectivity index (χ3v) is 14.9. The predicted molar refractivity (Wildman–Crippen MR) is 272 cm³/mol. The van der Waals surface area contributed by atoms with Crippen LogP contribution in [-0.2, 0) is 13.6 Å². The van der Waals surface area contributed by atoms with E-state index >= 15 is 0 Å². The van der Waals surface area contributed by atoms with Gasteiger partial charge in [-0.1, -0.05) is 62.3 Å². The lowest BCUT2D eigenvalue weighted by Gasteiger charge is -2.36. The van der Waals surface area contributed by atoms with Gasteiger partial charge in [0.25, 0.3) is 0 Å². The van der Waals surface area contributed by atoms with E-state index < -0.39 is 36.9 Å². The molecule has 8 rings (SSSR count). The second kappa shape index (κ2) is 23.8. The van der Waals surface area contributed by atoms with Crippen LogP contribution in [0.4, 0.5) is 0 Å². The van der Waals surface area contributed by atoms with E-state index in [0.29, 0.717) is 87.4 Å². The Hall–Kier alpha value is -4.93. The Balaban J connectivity index is 0.000000255. The smallest absolute Gasteiger partial charge is 0.331 e. The monoisotopic (exact) mass is 1010 g/mol. The van der Waals surface area contributed by atoms with Gasteiger partial charge in [-0.05, 0) is 71.1 Å². The number of halogens is 2. The van der Waals surface area contributed by atoms with Crippen molar-refractivity contribution in [3.63, 3.8) is 0 Å². The minimum absolute atomic E-state index is 0. The lowest BCUT2D eigenvalue weighted by molar-refractivity contribution is 0.0526. The highest BCUT2D eigenvalue weighted by Gasteiger charge is 2.36. The van der Waals surface area contributed by atoms with Crippen LogP contribution in [0.15, 0.2) is 91.2 Å². The van der Waals surface area contributed by atoms with E-state index in [9.17, 15) is 34.6 Å². The molecule has 0 radical (unpaired) electrons. The van der Waals surface area contributed by atoms with E-state index in [1.54, 1.807) is 63.4 Å². The highest BCUT2D eigenvalue weighted by Crippen LogP contribution is 2.49. The van der Waals surface area contributed by atoms with Crippen molar-refractivity contribution in [1.29, 1.82) is 0 Å². The van der Waals surface area contributed by atoms with Crippen LogP contribution in [0, 0.1) is 0 Å². The van der Waals surface area contributed by atoms with E-state index in [0.717, 1.165) is 12.6 Å². The van der Waals surface area contributed by atoms with Gasteiger partial charge in [0.15, 0.2) is 10.9 Å². The number of phenols is 2. The number of rotatable bonds is 13. The summed E-state index contributed by atoms with van der Waals surface area (Å²) >= 11 is 12.7. The van der Waals surface area contributed by atoms with Crippen LogP contribution >= 0.6 is 30.8 Å². The third kappa shape index (κ3) is 11.8. The van der Waals surface area contributed by atoms with Gasteiger partial charge < -0.3 is 57.6 Å². The van der Waals surface area contributed by atoms with Crippen LogP contribution < -0.4 is 20.3 Å². The minimum Gasteiger partial charge on any atom is -0.507 e. The Morgan fingerprint density at radius 1 is 0.696 bits per heavy atom. The largest absolute Gasteiger partial charge is 0.507 e. The number of benzene rings is 4. The number of aromatic hydroxyl groups is 2. The molecule has 69 heavy (non-hydrogen) atoms. The molecule has 4 atom stereocenters. The van der Waals surface area contributed by atoms with Crippen molar-refractivity contribution in [2.24, 2.45) is 0 Å². The summed E-state index contributed by atoms with van der Waals surface area (Å²) in [5.74, 6) is -0.0750. The summed E-state index contributed by atoms with van der Waals surface area (Å²) < 4.78 is 47.0. The molecule has 2 saturated heterocycles. The number of likely N-dealkylation sites (tertiary alicyclic amines) is 2. The topological polar surface area (TPSA) is 202 Å². The third-order valence-electron chi connectivity index (χ3n) is 12.2. The highest BCUT2D eigenvalue weighted by molar-refractivity contribution is 7.53. The molecule has 0 spiro atoms. The summed E-state index contributed by atoms with van der Waals surface area (Å²) in [6, 6.07) is 19.5. The summed E-state index contributed by atoms with van der Waals surface area (Å²) in [6.45, 7) is 6.55. The van der Waals surface area contributed by atoms with E-state index in [2.05, 4.69) is 4.90 Å². The van der Waals surface area contributed by atoms with Crippen LogP contribution in [-0.4, -0.2) is 116 Å². The molecule has 2 fully saturated rings. The summed E-state index contributed by atoms with van der Waals surface area (Å²) in [4.78, 5) is 30.2. The second-order valence-corrected chi connectivity index (χ2v) is 19.5. The van der Waals surface area contributed by atoms with Gasteiger partial charge in [-0.15, -0.1) is 0 Å². The normalized spacial score (nSPS) is 18.7. The number of hydrogen-bond donors (Lipinski definition) is 4. The van der Waals surface area contributed by atoms with Crippen molar-refractivity contribution >= 4 is 52.7 Å². The Morgan fingerprint density at radius 2 is 1.20 bits per heavy atom. The molecule has 2 aliphatic rings. The number of aliphatic hydroxyl groups is 2. The number of nitrogens with zero attached hydrogens (tertiary/aromatic N) is 2. The number of ether oxygens (including phenoxy) is 2. The lowest BCUT2D eigenvalue weighted by Crippen LogP contribution is -2.44. The summed E-state index contributed by atoms with van der Waals surface area (Å²) in [5, 5.41) is 44.3. The molecular weight excluding hydrogens is 950 g/mol. The molecule has 15 nitrogen and oxygen atoms in total. The minimum atomic E-state index is -3.22. The number of likely N-dealkylation sites (N-methyl/N-ethyl adjacent to an activating group) is 1. The van der Waals surface area contributed by atoms with Gasteiger partial charge in [0.05, 0.1) is 55.8 Å². The van der Waals surface area contributed by atoms with Gasteiger partial charge >= 0.3 is 7.60 Å². The molecule has 2 aliphatic heterocycles. The van der Waals surface area contributed by atoms with Crippen LogP contribution in [0.2, 0.25) is 10.0 Å². The maximum Gasteiger partial charge on any atom is 0.331 e. The van der Waals surface area contributed by atoms with Crippen LogP contribution in [0.25, 0.3) is 44.6 Å². The van der Waals surface area contributed by atoms with E-state index in [-0.39, 0.29) is 80.2 Å². The maximum absolute atomic E-state index is 13.1. The molecule has 6 aromatic rings. The van der Waals surface area contributed by atoms with Crippen LogP contribution in [0.1, 0.15) is 64.5 Å². The number of fused-ring (bicyclic) bond motifs is 2. The molecule has 0 amide bonds. The standard InChI is InChI=1S/C26H31ClNO8P.C23H24ClNO5.2CH4/c1-3-34-37(33,35-4-2)12-11-28-10-9-17(22(32)15-28)24-19(29)13-20(30)25-21(31)14-23(36-26(24)25)16-7-5-6-8-18(16)27;1-25-9-8-14(17(27)12-25)21-19(28-2)11-20(29-3)22-16(26)10-18(30-23(21)22)13-6-4-5-7-15(13)24;;/h5-8,13-14,17,22,29-30,32H,3-4,9-12,15H2,1-2H3;4-7,10-11,14,17,27H,8-9,12H2,1-3H3;2*1H4/t17-,22+;14-,17+;;/m00../s1. The number of piperidine rings is 2. The number of phenolic OH excluding ortho intramolecular Hbond substituents is 2. The van der Waals surface area contributed by atoms with E-state index in [4.69, 9.17) is 50.6 Å². The van der Waals surface area contributed by atoms with Gasteiger partial charge in [-0.3, -0.25) is 14.2 Å². The molecular formula is C51H63Cl2N2O13P. The quantitative estimate of drug-likeness (QED) is 0.0796. The number of methoxy groups -OCH3 is 2. The van der Waals surface area contributed by atoms with Crippen LogP contribution in [0.5, 0.6) is 23.0 Å². The average molecular weight is 1010 g/mol. The molecule has 18 heteroatoms. The fourth-order valence-corrected chi connectivity index (χ4v) is 11.1. The Labute approximate surface area is 412 Å². The first-order valence-corrected chi connectivity index (χ1v) is 24.5. The molecule has 0 saturated carbocycles. The van der Waals surface area contributed by atoms with Gasteiger partial charge in [0, 0.05) is 78.0 Å². The zero-order valence-electron chi connectivity index (χ0n) is 37.9. The molecule has 0 bridgehead atoms. The highest BCUT2D eigenvalue weighted by atomic mass is 35.5. The average Bonchev–Trinajstić information content (AvgIpc) is 3.29. The zero-order valence-corrected chi connectivity index (χ0v) is 40.3. The first kappa shape index (κ1) is 55.0. The van der Waals surface area contributed by atoms with Crippen molar-refractivity contribution in [2.75, 3.05) is 73.4 Å². The van der Waals surface area contributed by atoms with Crippen molar-refractivity contribution in [2.45, 2.75) is 65.6 Å². The van der Waals surface area contributed by atoms with Gasteiger partial charge in [-0.25, -0.2) is 0 Å². The molecule has 374 valence electrons. The van der Waals surface area contributed by atoms with Gasteiger partial charge in [0.2, 0.25) is 0 Å². The van der Waals surface area contributed by atoms with Gasteiger partial charge in [0.1, 0.15) is 56.5 Å². The molecule has 0 aliphatic carbocycles. The summed E-state index contributed by atoms with van der Waals surface area (Å²) in [6.07, 6.45) is -0.239. The first-order chi connectivity index (χ1) is 32.1. The number of β-amino-alcohol motifs (C(OH)–C–C–N with tert-alkyl or cyclic N) is 2. The van der Waals surface area contributed by atoms with Gasteiger partial charge in [-0.2, -0.15) is 0 Å². The zero-order chi connectivity index (χ0) is 48.2. The SMILES string of the molecule is C.C.CCOP(=O)(CCN1CC[C@H](c2c(O)cc(O)c3c(=O)cc(-c4ccccc4Cl)oc23)[C@H](O)C1)OCC.COc1cc(OC)c2c(=O)cc(-c3ccccc3Cl)oc2c1[C@H]1CCN(C)C[C@H]1O. The lowest BCUT2D eigenvalue weighted by atomic mass is 9.85. The molecule has 4 N–H and O–H groups in total. The molecule has 4 heterocycles. The molecule has 0 unspecified atom stereocenters. The number of hydrogen-bond acceptors (Lipinski definition) is 15. The predicted octanol–water partition coefficient (Wildman–Crippen LogP) is 10.1. The van der Waals surface area contributed by atoms with E-state index in [1.807, 2.05) is 24.1 Å². The van der Waals surface area contributed by atoms with Crippen molar-refractivity contribution in [3.8, 4) is 45.6 Å². The summed E-state index contributed by atoms with van der Waals surface area (Å²) in [7, 11) is 1.81. The summed E-state index contributed by atoms with van der Waals surface area (Å²) in [5.41, 5.74) is 1.67. The Morgan fingerprint density at radius 3 is 1.72 bits per heavy atom. The fraction of sp³-hybridized carbons (Fsp3) is 0.412. The van der Waals surface area contributed by atoms with Crippen molar-refractivity contribution in [1.82, 2.24) is 9.80 Å². The van der Waals surface area contributed by atoms with Crippen molar-refractivity contribution < 1.29 is 52.3 Å². The number of aliphatic hydroxyl groups excluding tert-OH is 2.